The number of allylic oxidation sites excluding steroid dienone is 2. The molecule has 3 N–H and O–H groups in total. The molecule has 9 atom stereocenters. The molecule has 4 nitrogen and oxygen atoms in total. The molecular formula is C30H50O4. The zero-order chi connectivity index (χ0) is 25.6. The van der Waals surface area contributed by atoms with E-state index in [0.717, 1.165) is 38.5 Å². The Morgan fingerprint density at radius 2 is 1.53 bits per heavy atom. The van der Waals surface area contributed by atoms with Crippen LogP contribution in [0.15, 0.2) is 11.1 Å². The first-order chi connectivity index (χ1) is 15.5. The third-order valence-corrected chi connectivity index (χ3v) is 12.7. The fraction of sp³-hybridized carbons (Fsp3) is 0.900. The third-order valence-electron chi connectivity index (χ3n) is 12.7. The standard InChI is InChI=1S/C30H50O4/c1-17(2)18(3)27(6)14-15-29(8)20-10-11-22-26(4,5)24(32)21(31)16-28(22,7)19(20)12-13-30(29,9)23(27)25(33)34/h17-18,21-24,31-32H,10-16H2,1-9H3,(H,33,34)/t18-,21-,22+,23-,24+,27-,28-,29-,30+/m1/s1. The second-order valence-corrected chi connectivity index (χ2v) is 14.6. The maximum absolute atomic E-state index is 13.0. The molecule has 0 bridgehead atoms. The molecule has 2 saturated carbocycles. The second kappa shape index (κ2) is 7.81. The van der Waals surface area contributed by atoms with E-state index in [9.17, 15) is 20.1 Å². The summed E-state index contributed by atoms with van der Waals surface area (Å²) >= 11 is 0. The van der Waals surface area contributed by atoms with Crippen molar-refractivity contribution in [1.29, 1.82) is 0 Å². The van der Waals surface area contributed by atoms with Crippen LogP contribution in [0.2, 0.25) is 0 Å². The van der Waals surface area contributed by atoms with Crippen LogP contribution in [-0.4, -0.2) is 33.5 Å². The topological polar surface area (TPSA) is 77.8 Å². The lowest BCUT2D eigenvalue weighted by atomic mass is 9.36. The largest absolute Gasteiger partial charge is 0.481 e. The highest BCUT2D eigenvalue weighted by molar-refractivity contribution is 5.73. The molecule has 34 heavy (non-hydrogen) atoms. The summed E-state index contributed by atoms with van der Waals surface area (Å²) in [7, 11) is 0. The highest BCUT2D eigenvalue weighted by Crippen LogP contribution is 2.73. The van der Waals surface area contributed by atoms with Gasteiger partial charge in [-0.15, -0.1) is 0 Å². The first kappa shape index (κ1) is 26.2. The molecule has 194 valence electrons. The number of aliphatic hydroxyl groups is 2. The first-order valence-electron chi connectivity index (χ1n) is 13.8. The van der Waals surface area contributed by atoms with E-state index in [2.05, 4.69) is 62.3 Å². The molecule has 0 saturated heterocycles. The monoisotopic (exact) mass is 474 g/mol. The van der Waals surface area contributed by atoms with Crippen LogP contribution in [-0.2, 0) is 4.79 Å². The van der Waals surface area contributed by atoms with Gasteiger partial charge >= 0.3 is 5.97 Å². The average molecular weight is 475 g/mol. The molecule has 0 spiro atoms. The minimum Gasteiger partial charge on any atom is -0.481 e. The van der Waals surface area contributed by atoms with Crippen LogP contribution in [0, 0.1) is 50.7 Å². The summed E-state index contributed by atoms with van der Waals surface area (Å²) < 4.78 is 0. The van der Waals surface area contributed by atoms with E-state index in [1.807, 2.05) is 0 Å². The van der Waals surface area contributed by atoms with E-state index < -0.39 is 18.2 Å². The Labute approximate surface area is 207 Å². The maximum atomic E-state index is 13.0. The molecular weight excluding hydrogens is 424 g/mol. The van der Waals surface area contributed by atoms with E-state index in [1.165, 1.54) is 11.1 Å². The minimum absolute atomic E-state index is 0.134. The number of carbonyl (C=O) groups is 1. The zero-order valence-electron chi connectivity index (χ0n) is 23.2. The molecule has 4 heteroatoms. The molecule has 0 aliphatic heterocycles. The normalized spacial score (nSPS) is 49.2. The van der Waals surface area contributed by atoms with E-state index in [1.54, 1.807) is 0 Å². The predicted octanol–water partition coefficient (Wildman–Crippen LogP) is 6.45. The van der Waals surface area contributed by atoms with Crippen molar-refractivity contribution in [3.63, 3.8) is 0 Å². The molecule has 0 heterocycles. The van der Waals surface area contributed by atoms with E-state index in [4.69, 9.17) is 0 Å². The van der Waals surface area contributed by atoms with Crippen LogP contribution < -0.4 is 0 Å². The highest BCUT2D eigenvalue weighted by atomic mass is 16.4. The van der Waals surface area contributed by atoms with Crippen molar-refractivity contribution < 1.29 is 20.1 Å². The predicted molar refractivity (Wildman–Crippen MR) is 136 cm³/mol. The number of hydrogen-bond acceptors (Lipinski definition) is 3. The Hall–Kier alpha value is -0.870. The van der Waals surface area contributed by atoms with E-state index in [0.29, 0.717) is 24.2 Å². The van der Waals surface area contributed by atoms with Crippen LogP contribution in [0.3, 0.4) is 0 Å². The van der Waals surface area contributed by atoms with Crippen LogP contribution in [0.5, 0.6) is 0 Å². The SMILES string of the molecule is CC(C)[C@@H](C)[C@@]1(C)CC[C@]2(C)C3=C(CC[C@@]2(C)[C@@H]1C(=O)O)[C@@]1(C)C[C@@H](O)[C@H](O)C(C)(C)[C@@H]1CC3. The third kappa shape index (κ3) is 3.12. The summed E-state index contributed by atoms with van der Waals surface area (Å²) in [5.74, 6) is 0.130. The Kier molecular flexibility index (Phi) is 6.02. The second-order valence-electron chi connectivity index (χ2n) is 14.6. The smallest absolute Gasteiger partial charge is 0.307 e. The molecule has 0 aromatic rings. The van der Waals surface area contributed by atoms with Crippen molar-refractivity contribution in [2.45, 2.75) is 119 Å². The lowest BCUT2D eigenvalue weighted by Crippen LogP contribution is -2.63. The lowest BCUT2D eigenvalue weighted by Gasteiger charge is -2.68. The fourth-order valence-electron chi connectivity index (χ4n) is 10.2. The van der Waals surface area contributed by atoms with Gasteiger partial charge in [-0.2, -0.15) is 0 Å². The van der Waals surface area contributed by atoms with Crippen molar-refractivity contribution in [2.75, 3.05) is 0 Å². The summed E-state index contributed by atoms with van der Waals surface area (Å²) in [6, 6.07) is 0. The highest BCUT2D eigenvalue weighted by Gasteiger charge is 2.67. The first-order valence-corrected chi connectivity index (χ1v) is 13.8. The van der Waals surface area contributed by atoms with Crippen LogP contribution in [0.1, 0.15) is 107 Å². The van der Waals surface area contributed by atoms with Gasteiger partial charge in [0, 0.05) is 0 Å². The van der Waals surface area contributed by atoms with Crippen molar-refractivity contribution in [2.24, 2.45) is 50.7 Å². The molecule has 0 amide bonds. The van der Waals surface area contributed by atoms with Gasteiger partial charge in [0.05, 0.1) is 18.1 Å². The summed E-state index contributed by atoms with van der Waals surface area (Å²) in [4.78, 5) is 13.0. The van der Waals surface area contributed by atoms with Crippen LogP contribution >= 0.6 is 0 Å². The number of rotatable bonds is 3. The molecule has 0 unspecified atom stereocenters. The number of carboxylic acid groups (broad SMARTS) is 1. The van der Waals surface area contributed by atoms with Crippen molar-refractivity contribution in [3.8, 4) is 0 Å². The Balaban J connectivity index is 1.84. The van der Waals surface area contributed by atoms with Gasteiger partial charge < -0.3 is 15.3 Å². The van der Waals surface area contributed by atoms with Gasteiger partial charge in [-0.25, -0.2) is 0 Å². The number of hydrogen-bond donors (Lipinski definition) is 3. The van der Waals surface area contributed by atoms with Gasteiger partial charge in [0.25, 0.3) is 0 Å². The van der Waals surface area contributed by atoms with Crippen molar-refractivity contribution >= 4 is 5.97 Å². The van der Waals surface area contributed by atoms with Gasteiger partial charge in [-0.3, -0.25) is 4.79 Å². The molecule has 0 aromatic heterocycles. The average Bonchev–Trinajstić information content (AvgIpc) is 2.72. The van der Waals surface area contributed by atoms with Gasteiger partial charge in [0.15, 0.2) is 0 Å². The molecule has 0 aromatic carbocycles. The van der Waals surface area contributed by atoms with Gasteiger partial charge in [0.2, 0.25) is 0 Å². The Bertz CT molecular complexity index is 888. The Morgan fingerprint density at radius 3 is 2.09 bits per heavy atom. The van der Waals surface area contributed by atoms with Crippen LogP contribution in [0.25, 0.3) is 0 Å². The number of fused-ring (bicyclic) bond motifs is 4. The summed E-state index contributed by atoms with van der Waals surface area (Å²) in [5, 5.41) is 32.5. The van der Waals surface area contributed by atoms with Gasteiger partial charge in [0.1, 0.15) is 0 Å². The zero-order valence-corrected chi connectivity index (χ0v) is 23.2. The number of aliphatic hydroxyl groups excluding tert-OH is 2. The van der Waals surface area contributed by atoms with E-state index in [-0.39, 0.29) is 33.0 Å². The summed E-state index contributed by atoms with van der Waals surface area (Å²) in [6.07, 6.45) is 5.00. The van der Waals surface area contributed by atoms with Crippen molar-refractivity contribution in [3.05, 3.63) is 11.1 Å². The summed E-state index contributed by atoms with van der Waals surface area (Å²) in [6.45, 7) is 20.2. The molecule has 4 rings (SSSR count). The van der Waals surface area contributed by atoms with Gasteiger partial charge in [-0.1, -0.05) is 73.5 Å². The Morgan fingerprint density at radius 1 is 0.912 bits per heavy atom. The van der Waals surface area contributed by atoms with Crippen LogP contribution in [0.4, 0.5) is 0 Å². The summed E-state index contributed by atoms with van der Waals surface area (Å²) in [5.41, 5.74) is 1.87. The fourth-order valence-corrected chi connectivity index (χ4v) is 10.2. The van der Waals surface area contributed by atoms with Gasteiger partial charge in [-0.05, 0) is 89.8 Å². The quantitative estimate of drug-likeness (QED) is 0.411. The number of carboxylic acids is 1. The maximum Gasteiger partial charge on any atom is 0.307 e. The number of aliphatic carboxylic acids is 1. The van der Waals surface area contributed by atoms with Crippen molar-refractivity contribution in [1.82, 2.24) is 0 Å². The molecule has 4 aliphatic rings. The lowest BCUT2D eigenvalue weighted by molar-refractivity contribution is -0.185. The molecule has 2 fully saturated rings. The molecule has 0 radical (unpaired) electrons. The van der Waals surface area contributed by atoms with E-state index >= 15 is 0 Å². The molecule has 4 aliphatic carbocycles. The minimum atomic E-state index is -0.711.